The van der Waals surface area contributed by atoms with Crippen LogP contribution in [0.2, 0.25) is 0 Å². The second-order valence-electron chi connectivity index (χ2n) is 5.59. The Kier molecular flexibility index (Phi) is 4.48. The van der Waals surface area contributed by atoms with Crippen LogP contribution in [0.15, 0.2) is 57.6 Å². The highest BCUT2D eigenvalue weighted by atomic mass is 16.3. The lowest BCUT2D eigenvalue weighted by atomic mass is 10.2. The SMILES string of the molecule is C[C@H](NC(=O)CN[C@H](C)c1ccco1)c1cc2ccccc2o1. The van der Waals surface area contributed by atoms with Gasteiger partial charge in [-0.25, -0.2) is 0 Å². The first-order chi connectivity index (χ1) is 11.1. The summed E-state index contributed by atoms with van der Waals surface area (Å²) >= 11 is 0. The molecule has 23 heavy (non-hydrogen) atoms. The summed E-state index contributed by atoms with van der Waals surface area (Å²) in [5.74, 6) is 1.47. The van der Waals surface area contributed by atoms with Crippen molar-refractivity contribution in [3.8, 4) is 0 Å². The van der Waals surface area contributed by atoms with Gasteiger partial charge >= 0.3 is 0 Å². The number of hydrogen-bond acceptors (Lipinski definition) is 4. The Bertz CT molecular complexity index is 744. The van der Waals surface area contributed by atoms with Gasteiger partial charge in [-0.15, -0.1) is 0 Å². The maximum absolute atomic E-state index is 12.1. The molecule has 0 unspecified atom stereocenters. The van der Waals surface area contributed by atoms with E-state index in [4.69, 9.17) is 8.83 Å². The minimum absolute atomic E-state index is 0.0164. The van der Waals surface area contributed by atoms with Gasteiger partial charge in [0.1, 0.15) is 17.1 Å². The van der Waals surface area contributed by atoms with Crippen LogP contribution in [0.3, 0.4) is 0 Å². The van der Waals surface area contributed by atoms with Crippen molar-refractivity contribution in [1.82, 2.24) is 10.6 Å². The molecule has 0 aliphatic carbocycles. The molecule has 0 saturated heterocycles. The molecular formula is C18H20N2O3. The molecule has 1 aromatic carbocycles. The van der Waals surface area contributed by atoms with E-state index in [0.29, 0.717) is 0 Å². The van der Waals surface area contributed by atoms with Crippen molar-refractivity contribution in [2.45, 2.75) is 25.9 Å². The Morgan fingerprint density at radius 3 is 2.65 bits per heavy atom. The summed E-state index contributed by atoms with van der Waals surface area (Å²) < 4.78 is 11.1. The molecule has 2 aromatic heterocycles. The van der Waals surface area contributed by atoms with Crippen LogP contribution in [0.25, 0.3) is 11.0 Å². The quantitative estimate of drug-likeness (QED) is 0.730. The van der Waals surface area contributed by atoms with Crippen molar-refractivity contribution in [2.75, 3.05) is 6.54 Å². The zero-order valence-electron chi connectivity index (χ0n) is 13.2. The first kappa shape index (κ1) is 15.4. The van der Waals surface area contributed by atoms with Gasteiger partial charge in [0.25, 0.3) is 0 Å². The van der Waals surface area contributed by atoms with Crippen LogP contribution >= 0.6 is 0 Å². The van der Waals surface area contributed by atoms with E-state index in [1.54, 1.807) is 6.26 Å². The molecule has 3 aromatic rings. The highest BCUT2D eigenvalue weighted by molar-refractivity contribution is 5.80. The first-order valence-corrected chi connectivity index (χ1v) is 7.68. The van der Waals surface area contributed by atoms with Gasteiger partial charge < -0.3 is 14.2 Å². The van der Waals surface area contributed by atoms with Gasteiger partial charge in [0.2, 0.25) is 5.91 Å². The number of hydrogen-bond donors (Lipinski definition) is 2. The molecule has 0 aliphatic heterocycles. The van der Waals surface area contributed by atoms with Crippen LogP contribution in [0.1, 0.15) is 37.5 Å². The summed E-state index contributed by atoms with van der Waals surface area (Å²) in [4.78, 5) is 12.1. The Hall–Kier alpha value is -2.53. The van der Waals surface area contributed by atoms with Crippen molar-refractivity contribution in [1.29, 1.82) is 0 Å². The number of carbonyl (C=O) groups excluding carboxylic acids is 1. The summed E-state index contributed by atoms with van der Waals surface area (Å²) in [7, 11) is 0. The second-order valence-corrected chi connectivity index (χ2v) is 5.59. The van der Waals surface area contributed by atoms with Crippen LogP contribution < -0.4 is 10.6 Å². The molecule has 2 N–H and O–H groups in total. The number of benzene rings is 1. The minimum Gasteiger partial charge on any atom is -0.468 e. The molecule has 3 rings (SSSR count). The maximum atomic E-state index is 12.1. The van der Waals surface area contributed by atoms with Gasteiger partial charge in [0.15, 0.2) is 0 Å². The van der Waals surface area contributed by atoms with Crippen LogP contribution in [-0.4, -0.2) is 12.5 Å². The zero-order valence-corrected chi connectivity index (χ0v) is 13.2. The second kappa shape index (κ2) is 6.71. The summed E-state index contributed by atoms with van der Waals surface area (Å²) in [6.07, 6.45) is 1.62. The molecule has 2 heterocycles. The smallest absolute Gasteiger partial charge is 0.234 e. The number of fused-ring (bicyclic) bond motifs is 1. The molecular weight excluding hydrogens is 292 g/mol. The average molecular weight is 312 g/mol. The third kappa shape index (κ3) is 3.63. The van der Waals surface area contributed by atoms with Gasteiger partial charge in [-0.05, 0) is 38.1 Å². The van der Waals surface area contributed by atoms with Gasteiger partial charge in [-0.2, -0.15) is 0 Å². The highest BCUT2D eigenvalue weighted by Gasteiger charge is 2.15. The van der Waals surface area contributed by atoms with Crippen LogP contribution in [0.5, 0.6) is 0 Å². The Labute approximate surface area is 134 Å². The van der Waals surface area contributed by atoms with E-state index >= 15 is 0 Å². The molecule has 0 radical (unpaired) electrons. The predicted octanol–water partition coefficient (Wildman–Crippen LogP) is 3.55. The molecule has 1 amide bonds. The average Bonchev–Trinajstić information content (AvgIpc) is 3.21. The fraction of sp³-hybridized carbons (Fsp3) is 0.278. The lowest BCUT2D eigenvalue weighted by Crippen LogP contribution is -2.36. The topological polar surface area (TPSA) is 67.4 Å². The van der Waals surface area contributed by atoms with E-state index < -0.39 is 0 Å². The Balaban J connectivity index is 1.54. The molecule has 120 valence electrons. The fourth-order valence-electron chi connectivity index (χ4n) is 2.46. The predicted molar refractivity (Wildman–Crippen MR) is 87.9 cm³/mol. The number of rotatable bonds is 6. The normalized spacial score (nSPS) is 13.8. The number of nitrogens with one attached hydrogen (secondary N) is 2. The van der Waals surface area contributed by atoms with Gasteiger partial charge in [0.05, 0.1) is 24.9 Å². The van der Waals surface area contributed by atoms with E-state index in [0.717, 1.165) is 22.5 Å². The summed E-state index contributed by atoms with van der Waals surface area (Å²) in [6, 6.07) is 13.3. The van der Waals surface area contributed by atoms with Crippen LogP contribution in [-0.2, 0) is 4.79 Å². The lowest BCUT2D eigenvalue weighted by Gasteiger charge is -2.14. The molecule has 0 saturated carbocycles. The molecule has 2 atom stereocenters. The summed E-state index contributed by atoms with van der Waals surface area (Å²) in [5.41, 5.74) is 0.827. The van der Waals surface area contributed by atoms with Crippen molar-refractivity contribution in [3.63, 3.8) is 0 Å². The number of furan rings is 2. The van der Waals surface area contributed by atoms with Crippen LogP contribution in [0, 0.1) is 0 Å². The van der Waals surface area contributed by atoms with Crippen LogP contribution in [0.4, 0.5) is 0 Å². The third-order valence-electron chi connectivity index (χ3n) is 3.79. The first-order valence-electron chi connectivity index (χ1n) is 7.68. The minimum atomic E-state index is -0.185. The van der Waals surface area contributed by atoms with E-state index in [1.807, 2.05) is 56.3 Å². The third-order valence-corrected chi connectivity index (χ3v) is 3.79. The van der Waals surface area contributed by atoms with Gasteiger partial charge in [-0.3, -0.25) is 10.1 Å². The zero-order chi connectivity index (χ0) is 16.2. The lowest BCUT2D eigenvalue weighted by molar-refractivity contribution is -0.121. The summed E-state index contributed by atoms with van der Waals surface area (Å²) in [5, 5.41) is 7.10. The van der Waals surface area contributed by atoms with E-state index in [9.17, 15) is 4.79 Å². The molecule has 0 spiro atoms. The number of para-hydroxylation sites is 1. The highest BCUT2D eigenvalue weighted by Crippen LogP contribution is 2.23. The van der Waals surface area contributed by atoms with Gasteiger partial charge in [-0.1, -0.05) is 18.2 Å². The van der Waals surface area contributed by atoms with Crippen molar-refractivity contribution >= 4 is 16.9 Å². The van der Waals surface area contributed by atoms with E-state index in [1.165, 1.54) is 0 Å². The van der Waals surface area contributed by atoms with Crippen molar-refractivity contribution in [2.24, 2.45) is 0 Å². The van der Waals surface area contributed by atoms with E-state index in [-0.39, 0.29) is 24.5 Å². The van der Waals surface area contributed by atoms with Crippen molar-refractivity contribution in [3.05, 3.63) is 60.2 Å². The fourth-order valence-corrected chi connectivity index (χ4v) is 2.46. The molecule has 5 heteroatoms. The molecule has 0 aliphatic rings. The maximum Gasteiger partial charge on any atom is 0.234 e. The summed E-state index contributed by atoms with van der Waals surface area (Å²) in [6.45, 7) is 4.08. The van der Waals surface area contributed by atoms with Crippen molar-refractivity contribution < 1.29 is 13.6 Å². The number of carbonyl (C=O) groups is 1. The molecule has 0 fully saturated rings. The Morgan fingerprint density at radius 2 is 1.91 bits per heavy atom. The van der Waals surface area contributed by atoms with E-state index in [2.05, 4.69) is 10.6 Å². The molecule has 0 bridgehead atoms. The Morgan fingerprint density at radius 1 is 1.09 bits per heavy atom. The monoisotopic (exact) mass is 312 g/mol. The molecule has 5 nitrogen and oxygen atoms in total. The number of amides is 1. The standard InChI is InChI=1S/C18H20N2O3/c1-12(15-8-5-9-22-15)19-11-18(21)20-13(2)17-10-14-6-3-4-7-16(14)23-17/h3-10,12-13,19H,11H2,1-2H3,(H,20,21)/t12-,13+/m1/s1. The van der Waals surface area contributed by atoms with Gasteiger partial charge in [0, 0.05) is 5.39 Å². The largest absolute Gasteiger partial charge is 0.468 e.